The van der Waals surface area contributed by atoms with Crippen LogP contribution in [0.15, 0.2) is 45.5 Å². The molecule has 0 spiro atoms. The molecule has 0 fully saturated rings. The predicted octanol–water partition coefficient (Wildman–Crippen LogP) is 4.02. The molecular weight excluding hydrogens is 224 g/mol. The van der Waals surface area contributed by atoms with Crippen molar-refractivity contribution in [3.63, 3.8) is 0 Å². The molecule has 0 aliphatic heterocycles. The smallest absolute Gasteiger partial charge is 0.150 e. The molecule has 0 saturated carbocycles. The third kappa shape index (κ3) is 2.70. The summed E-state index contributed by atoms with van der Waals surface area (Å²) < 4.78 is 1.26. The van der Waals surface area contributed by atoms with Crippen molar-refractivity contribution in [2.75, 3.05) is 0 Å². The molecule has 0 aliphatic rings. The highest BCUT2D eigenvalue weighted by Gasteiger charge is 2.00. The lowest BCUT2D eigenvalue weighted by atomic mass is 10.2. The highest BCUT2D eigenvalue weighted by Crippen LogP contribution is 2.33. The molecular formula is C12H10OS2. The maximum absolute atomic E-state index is 10.6. The van der Waals surface area contributed by atoms with E-state index in [1.165, 1.54) is 9.09 Å². The topological polar surface area (TPSA) is 17.1 Å². The number of hydrogen-bond donors (Lipinski definition) is 0. The van der Waals surface area contributed by atoms with Crippen LogP contribution in [0, 0.1) is 6.92 Å². The van der Waals surface area contributed by atoms with E-state index < -0.39 is 0 Å². The zero-order valence-electron chi connectivity index (χ0n) is 8.27. The minimum atomic E-state index is 0.730. The van der Waals surface area contributed by atoms with Crippen LogP contribution in [0.25, 0.3) is 0 Å². The number of carbonyl (C=O) groups is 1. The van der Waals surface area contributed by atoms with Gasteiger partial charge in [0.2, 0.25) is 0 Å². The first-order valence-corrected chi connectivity index (χ1v) is 6.21. The van der Waals surface area contributed by atoms with Crippen molar-refractivity contribution < 1.29 is 4.79 Å². The first-order valence-electron chi connectivity index (χ1n) is 4.57. The van der Waals surface area contributed by atoms with Gasteiger partial charge in [0.15, 0.2) is 0 Å². The zero-order valence-corrected chi connectivity index (χ0v) is 9.90. The van der Waals surface area contributed by atoms with Crippen LogP contribution in [0.3, 0.4) is 0 Å². The molecule has 0 atom stereocenters. The summed E-state index contributed by atoms with van der Waals surface area (Å²) in [5, 5.41) is 0. The van der Waals surface area contributed by atoms with Gasteiger partial charge in [-0.2, -0.15) is 0 Å². The van der Waals surface area contributed by atoms with Crippen molar-refractivity contribution >= 4 is 29.4 Å². The Morgan fingerprint density at radius 1 is 1.27 bits per heavy atom. The first kappa shape index (κ1) is 10.5. The van der Waals surface area contributed by atoms with E-state index in [-0.39, 0.29) is 0 Å². The van der Waals surface area contributed by atoms with Gasteiger partial charge >= 0.3 is 0 Å². The fourth-order valence-corrected chi connectivity index (χ4v) is 3.38. The van der Waals surface area contributed by atoms with Crippen LogP contribution in [0.2, 0.25) is 0 Å². The quantitative estimate of drug-likeness (QED) is 0.746. The Morgan fingerprint density at radius 3 is 2.80 bits per heavy atom. The maximum atomic E-state index is 10.6. The second-order valence-corrected chi connectivity index (χ2v) is 5.82. The Balaban J connectivity index is 2.20. The van der Waals surface area contributed by atoms with Gasteiger partial charge in [-0.25, -0.2) is 0 Å². The Morgan fingerprint density at radius 2 is 2.13 bits per heavy atom. The summed E-state index contributed by atoms with van der Waals surface area (Å²) in [6.45, 7) is 2.09. The molecule has 0 saturated heterocycles. The molecule has 0 radical (unpaired) electrons. The average molecular weight is 234 g/mol. The molecule has 0 bridgehead atoms. The van der Waals surface area contributed by atoms with E-state index in [1.54, 1.807) is 23.1 Å². The van der Waals surface area contributed by atoms with Gasteiger partial charge in [-0.05, 0) is 31.2 Å². The minimum Gasteiger partial charge on any atom is -0.298 e. The van der Waals surface area contributed by atoms with Crippen LogP contribution in [-0.2, 0) is 0 Å². The van der Waals surface area contributed by atoms with Crippen LogP contribution in [-0.4, -0.2) is 6.29 Å². The highest BCUT2D eigenvalue weighted by atomic mass is 32.2. The molecule has 76 valence electrons. The summed E-state index contributed by atoms with van der Waals surface area (Å²) in [5.41, 5.74) is 0.730. The van der Waals surface area contributed by atoms with Gasteiger partial charge in [0.05, 0.1) is 4.21 Å². The number of thiophene rings is 1. The Labute approximate surface area is 97.1 Å². The van der Waals surface area contributed by atoms with Gasteiger partial charge in [0.25, 0.3) is 0 Å². The lowest BCUT2D eigenvalue weighted by Gasteiger charge is -1.98. The van der Waals surface area contributed by atoms with E-state index in [0.29, 0.717) is 0 Å². The molecule has 1 heterocycles. The third-order valence-electron chi connectivity index (χ3n) is 1.93. The average Bonchev–Trinajstić information content (AvgIpc) is 2.64. The lowest BCUT2D eigenvalue weighted by Crippen LogP contribution is -1.78. The molecule has 0 aliphatic carbocycles. The summed E-state index contributed by atoms with van der Waals surface area (Å²) in [6, 6.07) is 11.9. The summed E-state index contributed by atoms with van der Waals surface area (Å²) in [7, 11) is 0. The lowest BCUT2D eigenvalue weighted by molar-refractivity contribution is 0.112. The minimum absolute atomic E-state index is 0.730. The van der Waals surface area contributed by atoms with E-state index in [1.807, 2.05) is 24.3 Å². The monoisotopic (exact) mass is 234 g/mol. The van der Waals surface area contributed by atoms with E-state index in [4.69, 9.17) is 0 Å². The number of hydrogen-bond acceptors (Lipinski definition) is 3. The molecule has 1 aromatic carbocycles. The summed E-state index contributed by atoms with van der Waals surface area (Å²) in [5.74, 6) is 0. The number of carbonyl (C=O) groups excluding carboxylic acids is 1. The van der Waals surface area contributed by atoms with Crippen molar-refractivity contribution in [1.82, 2.24) is 0 Å². The predicted molar refractivity (Wildman–Crippen MR) is 65.0 cm³/mol. The standard InChI is InChI=1S/C12H10OS2/c1-9-5-6-12(14-9)15-11-4-2-3-10(7-11)8-13/h2-8H,1H3. The fraction of sp³-hybridized carbons (Fsp3) is 0.0833. The van der Waals surface area contributed by atoms with Crippen LogP contribution in [0.5, 0.6) is 0 Å². The van der Waals surface area contributed by atoms with Crippen LogP contribution in [0.4, 0.5) is 0 Å². The molecule has 1 aromatic heterocycles. The molecule has 15 heavy (non-hydrogen) atoms. The zero-order chi connectivity index (χ0) is 10.7. The van der Waals surface area contributed by atoms with Gasteiger partial charge in [-0.1, -0.05) is 23.9 Å². The van der Waals surface area contributed by atoms with Crippen LogP contribution < -0.4 is 0 Å². The van der Waals surface area contributed by atoms with Crippen molar-refractivity contribution in [3.05, 3.63) is 46.8 Å². The van der Waals surface area contributed by atoms with Crippen molar-refractivity contribution in [2.45, 2.75) is 16.0 Å². The molecule has 0 amide bonds. The van der Waals surface area contributed by atoms with Crippen molar-refractivity contribution in [3.8, 4) is 0 Å². The van der Waals surface area contributed by atoms with Gasteiger partial charge in [-0.3, -0.25) is 4.79 Å². The fourth-order valence-electron chi connectivity index (χ4n) is 1.23. The summed E-state index contributed by atoms with van der Waals surface area (Å²) in [4.78, 5) is 13.0. The Bertz CT molecular complexity index is 474. The second-order valence-electron chi connectivity index (χ2n) is 3.16. The highest BCUT2D eigenvalue weighted by molar-refractivity contribution is 8.01. The Hall–Kier alpha value is -1.06. The van der Waals surface area contributed by atoms with Gasteiger partial charge < -0.3 is 0 Å². The van der Waals surface area contributed by atoms with Crippen molar-refractivity contribution in [1.29, 1.82) is 0 Å². The Kier molecular flexibility index (Phi) is 3.23. The summed E-state index contributed by atoms with van der Waals surface area (Å²) >= 11 is 3.47. The summed E-state index contributed by atoms with van der Waals surface area (Å²) in [6.07, 6.45) is 0.879. The number of aldehydes is 1. The van der Waals surface area contributed by atoms with E-state index >= 15 is 0 Å². The van der Waals surface area contributed by atoms with E-state index in [2.05, 4.69) is 19.1 Å². The molecule has 2 rings (SSSR count). The second kappa shape index (κ2) is 4.64. The van der Waals surface area contributed by atoms with Crippen LogP contribution >= 0.6 is 23.1 Å². The first-order chi connectivity index (χ1) is 7.28. The third-order valence-corrected chi connectivity index (χ3v) is 4.05. The van der Waals surface area contributed by atoms with E-state index in [9.17, 15) is 4.79 Å². The number of benzene rings is 1. The molecule has 0 unspecified atom stereocenters. The van der Waals surface area contributed by atoms with Crippen molar-refractivity contribution in [2.24, 2.45) is 0 Å². The largest absolute Gasteiger partial charge is 0.298 e. The van der Waals surface area contributed by atoms with Crippen LogP contribution in [0.1, 0.15) is 15.2 Å². The number of rotatable bonds is 3. The SMILES string of the molecule is Cc1ccc(Sc2cccc(C=O)c2)s1. The van der Waals surface area contributed by atoms with Gasteiger partial charge in [-0.15, -0.1) is 11.3 Å². The normalized spacial score (nSPS) is 10.2. The van der Waals surface area contributed by atoms with E-state index in [0.717, 1.165) is 16.7 Å². The van der Waals surface area contributed by atoms with Gasteiger partial charge in [0.1, 0.15) is 6.29 Å². The molecule has 0 N–H and O–H groups in total. The van der Waals surface area contributed by atoms with Gasteiger partial charge in [0, 0.05) is 15.3 Å². The number of aryl methyl sites for hydroxylation is 1. The molecule has 1 nitrogen and oxygen atoms in total. The molecule has 2 aromatic rings. The molecule has 3 heteroatoms. The maximum Gasteiger partial charge on any atom is 0.150 e.